The van der Waals surface area contributed by atoms with E-state index in [9.17, 15) is 4.79 Å². The molecule has 1 heterocycles. The van der Waals surface area contributed by atoms with Gasteiger partial charge >= 0.3 is 5.97 Å². The molecule has 0 saturated heterocycles. The van der Waals surface area contributed by atoms with Crippen molar-refractivity contribution < 1.29 is 14.6 Å². The van der Waals surface area contributed by atoms with Crippen LogP contribution in [-0.4, -0.2) is 23.2 Å². The van der Waals surface area contributed by atoms with Crippen molar-refractivity contribution in [3.8, 4) is 0 Å². The van der Waals surface area contributed by atoms with Crippen molar-refractivity contribution in [2.45, 2.75) is 19.4 Å². The molecule has 13 heavy (non-hydrogen) atoms. The number of nitrogens with zero attached hydrogens (tertiary/aromatic N) is 1. The second-order valence-corrected chi connectivity index (χ2v) is 4.02. The van der Waals surface area contributed by atoms with Crippen molar-refractivity contribution >= 4 is 17.3 Å². The Hall–Kier alpha value is -0.940. The Labute approximate surface area is 80.2 Å². The lowest BCUT2D eigenvalue weighted by molar-refractivity contribution is -0.160. The van der Waals surface area contributed by atoms with E-state index in [0.717, 1.165) is 5.01 Å². The maximum atomic E-state index is 10.9. The van der Waals surface area contributed by atoms with Gasteiger partial charge in [-0.15, -0.1) is 11.3 Å². The Morgan fingerprint density at radius 2 is 2.38 bits per heavy atom. The summed E-state index contributed by atoms with van der Waals surface area (Å²) in [6.45, 7) is 3.34. The van der Waals surface area contributed by atoms with E-state index in [1.54, 1.807) is 0 Å². The van der Waals surface area contributed by atoms with Crippen LogP contribution in [-0.2, 0) is 15.1 Å². The van der Waals surface area contributed by atoms with E-state index in [1.807, 2.05) is 6.92 Å². The Morgan fingerprint density at radius 3 is 2.69 bits per heavy atom. The van der Waals surface area contributed by atoms with Crippen molar-refractivity contribution in [2.24, 2.45) is 0 Å². The van der Waals surface area contributed by atoms with E-state index >= 15 is 0 Å². The van der Waals surface area contributed by atoms with Gasteiger partial charge in [-0.05, 0) is 13.8 Å². The SMILES string of the molecule is COC(C)(C(=O)O)c1cnc(C)s1. The molecule has 4 nitrogen and oxygen atoms in total. The molecule has 0 aromatic carbocycles. The highest BCUT2D eigenvalue weighted by atomic mass is 32.1. The van der Waals surface area contributed by atoms with Crippen molar-refractivity contribution in [1.29, 1.82) is 0 Å². The molecule has 0 aliphatic rings. The summed E-state index contributed by atoms with van der Waals surface area (Å²) in [5, 5.41) is 9.78. The second-order valence-electron chi connectivity index (χ2n) is 2.79. The van der Waals surface area contributed by atoms with Gasteiger partial charge in [-0.3, -0.25) is 0 Å². The molecule has 0 bridgehead atoms. The fourth-order valence-corrected chi connectivity index (χ4v) is 1.77. The van der Waals surface area contributed by atoms with Crippen molar-refractivity contribution in [3.05, 3.63) is 16.1 Å². The van der Waals surface area contributed by atoms with Crippen LogP contribution in [0.2, 0.25) is 0 Å². The fraction of sp³-hybridized carbons (Fsp3) is 0.500. The van der Waals surface area contributed by atoms with Gasteiger partial charge in [-0.1, -0.05) is 0 Å². The molecule has 1 rings (SSSR count). The largest absolute Gasteiger partial charge is 0.479 e. The van der Waals surface area contributed by atoms with Gasteiger partial charge in [0.15, 0.2) is 5.60 Å². The average Bonchev–Trinajstić information content (AvgIpc) is 2.50. The van der Waals surface area contributed by atoms with E-state index < -0.39 is 11.6 Å². The minimum atomic E-state index is -1.27. The third-order valence-corrected chi connectivity index (χ3v) is 3.02. The fourth-order valence-electron chi connectivity index (χ4n) is 0.875. The number of rotatable bonds is 3. The highest BCUT2D eigenvalue weighted by Gasteiger charge is 2.37. The lowest BCUT2D eigenvalue weighted by atomic mass is 10.1. The van der Waals surface area contributed by atoms with Crippen LogP contribution in [0.5, 0.6) is 0 Å². The first-order valence-corrected chi connectivity index (χ1v) is 4.54. The predicted molar refractivity (Wildman–Crippen MR) is 48.8 cm³/mol. The van der Waals surface area contributed by atoms with Crippen LogP contribution >= 0.6 is 11.3 Å². The molecule has 1 atom stereocenters. The van der Waals surface area contributed by atoms with Gasteiger partial charge in [-0.2, -0.15) is 0 Å². The first-order chi connectivity index (χ1) is 6.00. The topological polar surface area (TPSA) is 59.4 Å². The van der Waals surface area contributed by atoms with E-state index in [1.165, 1.54) is 31.6 Å². The quantitative estimate of drug-likeness (QED) is 0.803. The molecule has 1 aromatic rings. The molecule has 0 radical (unpaired) electrons. The summed E-state index contributed by atoms with van der Waals surface area (Å²) in [4.78, 5) is 15.5. The highest BCUT2D eigenvalue weighted by Crippen LogP contribution is 2.29. The van der Waals surface area contributed by atoms with Crippen molar-refractivity contribution in [3.63, 3.8) is 0 Å². The molecule has 72 valence electrons. The molecule has 0 amide bonds. The van der Waals surface area contributed by atoms with Crippen molar-refractivity contribution in [2.75, 3.05) is 7.11 Å². The zero-order chi connectivity index (χ0) is 10.1. The average molecular weight is 201 g/mol. The number of methoxy groups -OCH3 is 1. The number of aliphatic carboxylic acids is 1. The minimum absolute atomic E-state index is 0.611. The molecule has 0 aliphatic heterocycles. The second kappa shape index (κ2) is 3.43. The van der Waals surface area contributed by atoms with Gasteiger partial charge in [0.05, 0.1) is 9.88 Å². The Bertz CT molecular complexity index is 323. The molecule has 1 unspecified atom stereocenters. The molecule has 5 heteroatoms. The lowest BCUT2D eigenvalue weighted by Gasteiger charge is -2.20. The molecular formula is C8H11NO3S. The summed E-state index contributed by atoms with van der Waals surface area (Å²) >= 11 is 1.33. The van der Waals surface area contributed by atoms with Crippen LogP contribution in [0.15, 0.2) is 6.20 Å². The zero-order valence-electron chi connectivity index (χ0n) is 7.70. The number of aryl methyl sites for hydroxylation is 1. The standard InChI is InChI=1S/C8H11NO3S/c1-5-9-4-6(13-5)8(2,12-3)7(10)11/h4H,1-3H3,(H,10,11). The van der Waals surface area contributed by atoms with E-state index in [2.05, 4.69) is 4.98 Å². The zero-order valence-corrected chi connectivity index (χ0v) is 8.51. The monoisotopic (exact) mass is 201 g/mol. The first kappa shape index (κ1) is 10.1. The third-order valence-electron chi connectivity index (χ3n) is 1.91. The van der Waals surface area contributed by atoms with Crippen LogP contribution < -0.4 is 0 Å². The number of aromatic nitrogens is 1. The van der Waals surface area contributed by atoms with Gasteiger partial charge in [-0.25, -0.2) is 9.78 Å². The summed E-state index contributed by atoms with van der Waals surface area (Å²) in [6.07, 6.45) is 1.54. The van der Waals surface area contributed by atoms with Gasteiger partial charge in [0.2, 0.25) is 0 Å². The summed E-state index contributed by atoms with van der Waals surface area (Å²) in [5.74, 6) is -1.00. The number of ether oxygens (including phenoxy) is 1. The van der Waals surface area contributed by atoms with E-state index in [-0.39, 0.29) is 0 Å². The minimum Gasteiger partial charge on any atom is -0.479 e. The molecule has 0 saturated carbocycles. The maximum absolute atomic E-state index is 10.9. The van der Waals surface area contributed by atoms with Gasteiger partial charge in [0.25, 0.3) is 0 Å². The molecular weight excluding hydrogens is 190 g/mol. The van der Waals surface area contributed by atoms with Crippen LogP contribution in [0.4, 0.5) is 0 Å². The van der Waals surface area contributed by atoms with Crippen LogP contribution in [0, 0.1) is 6.92 Å². The Kier molecular flexibility index (Phi) is 2.68. The summed E-state index contributed by atoms with van der Waals surface area (Å²) < 4.78 is 4.97. The Morgan fingerprint density at radius 1 is 1.77 bits per heavy atom. The normalized spacial score (nSPS) is 15.3. The smallest absolute Gasteiger partial charge is 0.341 e. The number of carbonyl (C=O) groups is 1. The predicted octanol–water partition coefficient (Wildman–Crippen LogP) is 1.40. The first-order valence-electron chi connectivity index (χ1n) is 3.72. The molecule has 0 fully saturated rings. The van der Waals surface area contributed by atoms with Gasteiger partial charge in [0.1, 0.15) is 0 Å². The maximum Gasteiger partial charge on any atom is 0.341 e. The molecule has 1 N–H and O–H groups in total. The molecule has 1 aromatic heterocycles. The molecule has 0 aliphatic carbocycles. The summed E-state index contributed by atoms with van der Waals surface area (Å²) in [5.41, 5.74) is -1.27. The van der Waals surface area contributed by atoms with Gasteiger partial charge < -0.3 is 9.84 Å². The number of thiazole rings is 1. The number of hydrogen-bond donors (Lipinski definition) is 1. The Balaban J connectivity index is 3.09. The van der Waals surface area contributed by atoms with Gasteiger partial charge in [0, 0.05) is 13.3 Å². The number of hydrogen-bond acceptors (Lipinski definition) is 4. The van der Waals surface area contributed by atoms with Crippen LogP contribution in [0.1, 0.15) is 16.8 Å². The summed E-state index contributed by atoms with van der Waals surface area (Å²) in [6, 6.07) is 0. The van der Waals surface area contributed by atoms with Crippen LogP contribution in [0.25, 0.3) is 0 Å². The van der Waals surface area contributed by atoms with E-state index in [0.29, 0.717) is 4.88 Å². The van der Waals surface area contributed by atoms with E-state index in [4.69, 9.17) is 9.84 Å². The number of carboxylic acid groups (broad SMARTS) is 1. The van der Waals surface area contributed by atoms with Crippen molar-refractivity contribution in [1.82, 2.24) is 4.98 Å². The third kappa shape index (κ3) is 1.71. The summed E-state index contributed by atoms with van der Waals surface area (Å²) in [7, 11) is 1.38. The van der Waals surface area contributed by atoms with Crippen LogP contribution in [0.3, 0.4) is 0 Å². The number of carboxylic acids is 1. The lowest BCUT2D eigenvalue weighted by Crippen LogP contribution is -2.33. The molecule has 0 spiro atoms. The highest BCUT2D eigenvalue weighted by molar-refractivity contribution is 7.11.